The summed E-state index contributed by atoms with van der Waals surface area (Å²) in [7, 11) is 1.72. The van der Waals surface area contributed by atoms with Crippen LogP contribution in [0, 0.1) is 11.3 Å². The second kappa shape index (κ2) is 9.16. The Kier molecular flexibility index (Phi) is 6.40. The Hall–Kier alpha value is -3.46. The Bertz CT molecular complexity index is 1050. The number of carbonyl (C=O) groups excluding carboxylic acids is 1. The first-order chi connectivity index (χ1) is 14.1. The van der Waals surface area contributed by atoms with Gasteiger partial charge in [-0.1, -0.05) is 24.3 Å². The molecule has 2 aromatic carbocycles. The highest BCUT2D eigenvalue weighted by molar-refractivity contribution is 5.93. The van der Waals surface area contributed by atoms with Gasteiger partial charge in [-0.15, -0.1) is 0 Å². The molecule has 1 heterocycles. The van der Waals surface area contributed by atoms with Gasteiger partial charge in [0.25, 0.3) is 0 Å². The predicted octanol–water partition coefficient (Wildman–Crippen LogP) is 4.02. The standard InChI is InChI=1S/C23H25N5O/c1-4-28(5-2)23-20-14-19(9-10-21(20)25-16-26-23)18-8-6-7-17(13-18)15-27(3)22(29)11-12-24/h6-10,13-14,16H,4-5,11,15H2,1-3H3. The van der Waals surface area contributed by atoms with Gasteiger partial charge in [-0.25, -0.2) is 9.97 Å². The maximum absolute atomic E-state index is 11.9. The van der Waals surface area contributed by atoms with Crippen LogP contribution in [-0.2, 0) is 11.3 Å². The highest BCUT2D eigenvalue weighted by Crippen LogP contribution is 2.29. The number of benzene rings is 2. The number of hydrogen-bond donors (Lipinski definition) is 0. The molecule has 0 radical (unpaired) electrons. The average Bonchev–Trinajstić information content (AvgIpc) is 2.75. The molecule has 0 saturated heterocycles. The Morgan fingerprint density at radius 3 is 2.55 bits per heavy atom. The molecular formula is C23H25N5O. The van der Waals surface area contributed by atoms with Gasteiger partial charge < -0.3 is 9.80 Å². The molecule has 1 aromatic heterocycles. The van der Waals surface area contributed by atoms with Crippen LogP contribution in [0.1, 0.15) is 25.8 Å². The zero-order chi connectivity index (χ0) is 20.8. The van der Waals surface area contributed by atoms with Gasteiger partial charge in [-0.05, 0) is 48.7 Å². The Morgan fingerprint density at radius 1 is 1.07 bits per heavy atom. The van der Waals surface area contributed by atoms with Crippen LogP contribution in [0.3, 0.4) is 0 Å². The first-order valence-electron chi connectivity index (χ1n) is 9.77. The molecule has 0 fully saturated rings. The SMILES string of the molecule is CCN(CC)c1ncnc2ccc(-c3cccc(CN(C)C(=O)CC#N)c3)cc12. The van der Waals surface area contributed by atoms with Crippen LogP contribution in [-0.4, -0.2) is 40.9 Å². The summed E-state index contributed by atoms with van der Waals surface area (Å²) >= 11 is 0. The van der Waals surface area contributed by atoms with E-state index < -0.39 is 0 Å². The molecule has 1 amide bonds. The van der Waals surface area contributed by atoms with E-state index in [1.807, 2.05) is 24.3 Å². The fourth-order valence-corrected chi connectivity index (χ4v) is 3.41. The Labute approximate surface area is 171 Å². The third-order valence-electron chi connectivity index (χ3n) is 5.01. The van der Waals surface area contributed by atoms with E-state index >= 15 is 0 Å². The minimum atomic E-state index is -0.176. The second-order valence-corrected chi connectivity index (χ2v) is 6.89. The van der Waals surface area contributed by atoms with Crippen LogP contribution in [0.25, 0.3) is 22.0 Å². The normalized spacial score (nSPS) is 10.6. The lowest BCUT2D eigenvalue weighted by molar-refractivity contribution is -0.129. The van der Waals surface area contributed by atoms with Crippen molar-refractivity contribution in [1.29, 1.82) is 5.26 Å². The summed E-state index contributed by atoms with van der Waals surface area (Å²) in [5, 5.41) is 9.75. The molecule has 3 aromatic rings. The number of nitriles is 1. The van der Waals surface area contributed by atoms with Crippen LogP contribution in [0.5, 0.6) is 0 Å². The summed E-state index contributed by atoms with van der Waals surface area (Å²) in [6.07, 6.45) is 1.51. The third-order valence-corrected chi connectivity index (χ3v) is 5.01. The molecule has 0 atom stereocenters. The molecule has 0 bridgehead atoms. The van der Waals surface area contributed by atoms with Gasteiger partial charge in [0.15, 0.2) is 0 Å². The van der Waals surface area contributed by atoms with E-state index in [1.165, 1.54) is 0 Å². The Morgan fingerprint density at radius 2 is 1.83 bits per heavy atom. The monoisotopic (exact) mass is 387 g/mol. The molecule has 148 valence electrons. The van der Waals surface area contributed by atoms with Crippen LogP contribution in [0.2, 0.25) is 0 Å². The van der Waals surface area contributed by atoms with E-state index in [2.05, 4.69) is 53.0 Å². The van der Waals surface area contributed by atoms with Gasteiger partial charge in [-0.2, -0.15) is 5.26 Å². The van der Waals surface area contributed by atoms with Gasteiger partial charge in [0.1, 0.15) is 18.6 Å². The van der Waals surface area contributed by atoms with E-state index in [1.54, 1.807) is 18.3 Å². The van der Waals surface area contributed by atoms with Crippen molar-refractivity contribution in [2.24, 2.45) is 0 Å². The summed E-state index contributed by atoms with van der Waals surface area (Å²) in [5.41, 5.74) is 4.08. The van der Waals surface area contributed by atoms with Gasteiger partial charge in [0, 0.05) is 32.1 Å². The lowest BCUT2D eigenvalue weighted by atomic mass is 10.0. The molecule has 3 rings (SSSR count). The van der Waals surface area contributed by atoms with E-state index in [4.69, 9.17) is 5.26 Å². The molecule has 0 aliphatic carbocycles. The molecule has 0 aliphatic heterocycles. The smallest absolute Gasteiger partial charge is 0.236 e. The molecular weight excluding hydrogens is 362 g/mol. The molecule has 0 N–H and O–H groups in total. The highest BCUT2D eigenvalue weighted by atomic mass is 16.2. The highest BCUT2D eigenvalue weighted by Gasteiger charge is 2.12. The van der Waals surface area contributed by atoms with Crippen molar-refractivity contribution in [2.45, 2.75) is 26.8 Å². The number of hydrogen-bond acceptors (Lipinski definition) is 5. The molecule has 0 saturated carbocycles. The third kappa shape index (κ3) is 4.52. The van der Waals surface area contributed by atoms with Crippen molar-refractivity contribution in [3.05, 3.63) is 54.4 Å². The number of nitrogens with zero attached hydrogens (tertiary/aromatic N) is 5. The number of rotatable bonds is 7. The summed E-state index contributed by atoms with van der Waals surface area (Å²) in [4.78, 5) is 24.6. The number of anilines is 1. The maximum atomic E-state index is 11.9. The molecule has 0 unspecified atom stereocenters. The van der Waals surface area contributed by atoms with Gasteiger partial charge >= 0.3 is 0 Å². The van der Waals surface area contributed by atoms with Crippen molar-refractivity contribution >= 4 is 22.6 Å². The van der Waals surface area contributed by atoms with Crippen LogP contribution in [0.15, 0.2) is 48.8 Å². The molecule has 6 heteroatoms. The summed E-state index contributed by atoms with van der Waals surface area (Å²) in [6, 6.07) is 16.2. The van der Waals surface area contributed by atoms with Gasteiger partial charge in [-0.3, -0.25) is 4.79 Å². The minimum absolute atomic E-state index is 0.102. The molecule has 6 nitrogen and oxygen atoms in total. The van der Waals surface area contributed by atoms with E-state index in [0.29, 0.717) is 6.54 Å². The van der Waals surface area contributed by atoms with Crippen molar-refractivity contribution < 1.29 is 4.79 Å². The minimum Gasteiger partial charge on any atom is -0.357 e. The summed E-state index contributed by atoms with van der Waals surface area (Å²) < 4.78 is 0. The maximum Gasteiger partial charge on any atom is 0.236 e. The number of carbonyl (C=O) groups is 1. The summed E-state index contributed by atoms with van der Waals surface area (Å²) in [6.45, 7) is 6.47. The van der Waals surface area contributed by atoms with Crippen molar-refractivity contribution in [3.63, 3.8) is 0 Å². The zero-order valence-electron chi connectivity index (χ0n) is 17.1. The lowest BCUT2D eigenvalue weighted by Crippen LogP contribution is -2.25. The number of amides is 1. The van der Waals surface area contributed by atoms with Crippen molar-refractivity contribution in [1.82, 2.24) is 14.9 Å². The lowest BCUT2D eigenvalue weighted by Gasteiger charge is -2.21. The first-order valence-corrected chi connectivity index (χ1v) is 9.77. The zero-order valence-corrected chi connectivity index (χ0v) is 17.1. The quantitative estimate of drug-likeness (QED) is 0.612. The molecule has 0 spiro atoms. The number of aromatic nitrogens is 2. The van der Waals surface area contributed by atoms with Crippen LogP contribution >= 0.6 is 0 Å². The van der Waals surface area contributed by atoms with Gasteiger partial charge in [0.05, 0.1) is 11.6 Å². The first kappa shape index (κ1) is 20.3. The topological polar surface area (TPSA) is 73.1 Å². The predicted molar refractivity (Wildman–Crippen MR) is 115 cm³/mol. The largest absolute Gasteiger partial charge is 0.357 e. The second-order valence-electron chi connectivity index (χ2n) is 6.89. The summed E-state index contributed by atoms with van der Waals surface area (Å²) in [5.74, 6) is 0.768. The fraction of sp³-hybridized carbons (Fsp3) is 0.304. The Balaban J connectivity index is 1.96. The average molecular weight is 387 g/mol. The van der Waals surface area contributed by atoms with Crippen LogP contribution < -0.4 is 4.90 Å². The number of fused-ring (bicyclic) bond motifs is 1. The fourth-order valence-electron chi connectivity index (χ4n) is 3.41. The van der Waals surface area contributed by atoms with Crippen molar-refractivity contribution in [2.75, 3.05) is 25.0 Å². The van der Waals surface area contributed by atoms with E-state index in [9.17, 15) is 4.79 Å². The van der Waals surface area contributed by atoms with Gasteiger partial charge in [0.2, 0.25) is 5.91 Å². The van der Waals surface area contributed by atoms with E-state index in [-0.39, 0.29) is 12.3 Å². The van der Waals surface area contributed by atoms with E-state index in [0.717, 1.165) is 46.5 Å². The molecule has 29 heavy (non-hydrogen) atoms. The molecule has 0 aliphatic rings. The van der Waals surface area contributed by atoms with Crippen LogP contribution in [0.4, 0.5) is 5.82 Å². The van der Waals surface area contributed by atoms with Crippen molar-refractivity contribution in [3.8, 4) is 17.2 Å².